The second-order valence-corrected chi connectivity index (χ2v) is 5.42. The van der Waals surface area contributed by atoms with E-state index in [9.17, 15) is 4.79 Å². The van der Waals surface area contributed by atoms with Crippen LogP contribution in [0.5, 0.6) is 0 Å². The average Bonchev–Trinajstić information content (AvgIpc) is 2.85. The summed E-state index contributed by atoms with van der Waals surface area (Å²) in [6.45, 7) is 2.14. The molecule has 0 aliphatic heterocycles. The monoisotopic (exact) mass is 275 g/mol. The van der Waals surface area contributed by atoms with Crippen LogP contribution in [-0.4, -0.2) is 16.1 Å². The molecule has 0 fully saturated rings. The quantitative estimate of drug-likeness (QED) is 0.880. The lowest BCUT2D eigenvalue weighted by Crippen LogP contribution is -1.98. The number of thiazole rings is 1. The maximum Gasteiger partial charge on any atom is 0.303 e. The predicted octanol–water partition coefficient (Wildman–Crippen LogP) is 3.31. The molecule has 0 spiro atoms. The largest absolute Gasteiger partial charge is 0.481 e. The number of nitrogens with zero attached hydrogens (tertiary/aromatic N) is 1. The molecule has 0 amide bonds. The standard InChI is InChI=1S/C15H17NO2S/c1-2-11-3-5-12(6-4-11)9-14-16-13(10-19-14)7-8-15(17)18/h3-6,10H,2,7-9H2,1H3,(H,17,18). The van der Waals surface area contributed by atoms with Crippen LogP contribution in [0.1, 0.15) is 35.2 Å². The van der Waals surface area contributed by atoms with Crippen molar-refractivity contribution in [2.45, 2.75) is 32.6 Å². The zero-order valence-electron chi connectivity index (χ0n) is 10.9. The molecular formula is C15H17NO2S. The van der Waals surface area contributed by atoms with E-state index in [2.05, 4.69) is 36.2 Å². The molecule has 1 heterocycles. The summed E-state index contributed by atoms with van der Waals surface area (Å²) < 4.78 is 0. The van der Waals surface area contributed by atoms with Gasteiger partial charge in [0.05, 0.1) is 17.1 Å². The number of carbonyl (C=O) groups is 1. The number of aryl methyl sites for hydroxylation is 2. The number of carboxylic acids is 1. The summed E-state index contributed by atoms with van der Waals surface area (Å²) in [5.74, 6) is -0.773. The summed E-state index contributed by atoms with van der Waals surface area (Å²) in [4.78, 5) is 15.0. The number of hydrogen-bond acceptors (Lipinski definition) is 3. The number of aliphatic carboxylic acids is 1. The van der Waals surface area contributed by atoms with Crippen LogP contribution in [0.25, 0.3) is 0 Å². The Kier molecular flexibility index (Phi) is 4.68. The van der Waals surface area contributed by atoms with E-state index in [1.165, 1.54) is 11.1 Å². The molecule has 0 unspecified atom stereocenters. The van der Waals surface area contributed by atoms with Gasteiger partial charge in [-0.3, -0.25) is 4.79 Å². The first-order chi connectivity index (χ1) is 9.17. The molecule has 1 N–H and O–H groups in total. The average molecular weight is 275 g/mol. The van der Waals surface area contributed by atoms with Crippen molar-refractivity contribution in [1.29, 1.82) is 0 Å². The van der Waals surface area contributed by atoms with Gasteiger partial charge >= 0.3 is 5.97 Å². The summed E-state index contributed by atoms with van der Waals surface area (Å²) >= 11 is 1.60. The van der Waals surface area contributed by atoms with Gasteiger partial charge in [-0.05, 0) is 17.5 Å². The first-order valence-corrected chi connectivity index (χ1v) is 7.28. The van der Waals surface area contributed by atoms with E-state index in [4.69, 9.17) is 5.11 Å². The van der Waals surface area contributed by atoms with Crippen LogP contribution in [-0.2, 0) is 24.1 Å². The van der Waals surface area contributed by atoms with Gasteiger partial charge in [-0.1, -0.05) is 31.2 Å². The normalized spacial score (nSPS) is 10.6. The van der Waals surface area contributed by atoms with Crippen molar-refractivity contribution in [1.82, 2.24) is 4.98 Å². The lowest BCUT2D eigenvalue weighted by atomic mass is 10.1. The summed E-state index contributed by atoms with van der Waals surface area (Å²) in [5.41, 5.74) is 3.47. The van der Waals surface area contributed by atoms with Gasteiger partial charge in [0.15, 0.2) is 0 Å². The van der Waals surface area contributed by atoms with E-state index in [-0.39, 0.29) is 6.42 Å². The molecule has 100 valence electrons. The maximum atomic E-state index is 10.5. The minimum Gasteiger partial charge on any atom is -0.481 e. The van der Waals surface area contributed by atoms with Crippen LogP contribution in [0.15, 0.2) is 29.6 Å². The molecule has 0 aliphatic carbocycles. The third-order valence-electron chi connectivity index (χ3n) is 2.98. The number of hydrogen-bond donors (Lipinski definition) is 1. The molecule has 0 saturated carbocycles. The third kappa shape index (κ3) is 4.17. The van der Waals surface area contributed by atoms with E-state index in [1.807, 2.05) is 5.38 Å². The smallest absolute Gasteiger partial charge is 0.303 e. The fraction of sp³-hybridized carbons (Fsp3) is 0.333. The van der Waals surface area contributed by atoms with Gasteiger partial charge in [0.1, 0.15) is 0 Å². The van der Waals surface area contributed by atoms with E-state index in [0.29, 0.717) is 6.42 Å². The molecule has 1 aromatic heterocycles. The SMILES string of the molecule is CCc1ccc(Cc2nc(CCC(=O)O)cs2)cc1. The van der Waals surface area contributed by atoms with Crippen LogP contribution in [0.3, 0.4) is 0 Å². The zero-order chi connectivity index (χ0) is 13.7. The van der Waals surface area contributed by atoms with Gasteiger partial charge in [0.2, 0.25) is 0 Å². The van der Waals surface area contributed by atoms with Crippen molar-refractivity contribution in [2.75, 3.05) is 0 Å². The summed E-state index contributed by atoms with van der Waals surface area (Å²) in [6, 6.07) is 8.57. The number of benzene rings is 1. The molecule has 2 aromatic rings. The van der Waals surface area contributed by atoms with Gasteiger partial charge in [0.25, 0.3) is 0 Å². The lowest BCUT2D eigenvalue weighted by molar-refractivity contribution is -0.136. The Morgan fingerprint density at radius 3 is 2.58 bits per heavy atom. The van der Waals surface area contributed by atoms with E-state index in [0.717, 1.165) is 23.5 Å². The van der Waals surface area contributed by atoms with Crippen molar-refractivity contribution in [2.24, 2.45) is 0 Å². The molecule has 19 heavy (non-hydrogen) atoms. The highest BCUT2D eigenvalue weighted by molar-refractivity contribution is 7.09. The van der Waals surface area contributed by atoms with Gasteiger partial charge in [0, 0.05) is 18.2 Å². The Bertz CT molecular complexity index is 546. The van der Waals surface area contributed by atoms with E-state index < -0.39 is 5.97 Å². The Labute approximate surface area is 116 Å². The summed E-state index contributed by atoms with van der Waals surface area (Å²) in [6.07, 6.45) is 2.54. The second-order valence-electron chi connectivity index (χ2n) is 4.47. The highest BCUT2D eigenvalue weighted by Crippen LogP contribution is 2.16. The highest BCUT2D eigenvalue weighted by Gasteiger charge is 2.05. The minimum atomic E-state index is -0.773. The Balaban J connectivity index is 1.96. The van der Waals surface area contributed by atoms with Gasteiger partial charge < -0.3 is 5.11 Å². The predicted molar refractivity (Wildman–Crippen MR) is 76.7 cm³/mol. The third-order valence-corrected chi connectivity index (χ3v) is 3.88. The summed E-state index contributed by atoms with van der Waals surface area (Å²) in [7, 11) is 0. The zero-order valence-corrected chi connectivity index (χ0v) is 11.7. The lowest BCUT2D eigenvalue weighted by Gasteiger charge is -2.00. The fourth-order valence-corrected chi connectivity index (χ4v) is 2.71. The molecule has 2 rings (SSSR count). The first-order valence-electron chi connectivity index (χ1n) is 6.40. The maximum absolute atomic E-state index is 10.5. The Morgan fingerprint density at radius 2 is 1.95 bits per heavy atom. The van der Waals surface area contributed by atoms with Crippen LogP contribution in [0.4, 0.5) is 0 Å². The molecule has 0 aliphatic rings. The molecule has 3 nitrogen and oxygen atoms in total. The summed E-state index contributed by atoms with van der Waals surface area (Å²) in [5, 5.41) is 11.6. The van der Waals surface area contributed by atoms with Crippen molar-refractivity contribution in [3.8, 4) is 0 Å². The van der Waals surface area contributed by atoms with Crippen LogP contribution in [0.2, 0.25) is 0 Å². The molecule has 0 bridgehead atoms. The molecule has 0 saturated heterocycles. The Hall–Kier alpha value is -1.68. The number of carboxylic acid groups (broad SMARTS) is 1. The van der Waals surface area contributed by atoms with Gasteiger partial charge in [-0.25, -0.2) is 4.98 Å². The van der Waals surface area contributed by atoms with Crippen molar-refractivity contribution in [3.63, 3.8) is 0 Å². The highest BCUT2D eigenvalue weighted by atomic mass is 32.1. The molecule has 0 atom stereocenters. The molecule has 1 aromatic carbocycles. The van der Waals surface area contributed by atoms with Gasteiger partial charge in [-0.15, -0.1) is 11.3 Å². The molecule has 0 radical (unpaired) electrons. The molecular weight excluding hydrogens is 258 g/mol. The van der Waals surface area contributed by atoms with Crippen LogP contribution < -0.4 is 0 Å². The first kappa shape index (κ1) is 13.7. The fourth-order valence-electron chi connectivity index (χ4n) is 1.85. The number of aromatic nitrogens is 1. The van der Waals surface area contributed by atoms with Crippen molar-refractivity contribution in [3.05, 3.63) is 51.5 Å². The van der Waals surface area contributed by atoms with Crippen LogP contribution >= 0.6 is 11.3 Å². The van der Waals surface area contributed by atoms with E-state index in [1.54, 1.807) is 11.3 Å². The van der Waals surface area contributed by atoms with Crippen molar-refractivity contribution >= 4 is 17.3 Å². The number of rotatable bonds is 6. The minimum absolute atomic E-state index is 0.147. The van der Waals surface area contributed by atoms with Crippen LogP contribution in [0, 0.1) is 0 Å². The molecule has 4 heteroatoms. The second kappa shape index (κ2) is 6.48. The topological polar surface area (TPSA) is 50.2 Å². The van der Waals surface area contributed by atoms with Gasteiger partial charge in [-0.2, -0.15) is 0 Å². The Morgan fingerprint density at radius 1 is 1.26 bits per heavy atom. The van der Waals surface area contributed by atoms with E-state index >= 15 is 0 Å². The van der Waals surface area contributed by atoms with Crippen molar-refractivity contribution < 1.29 is 9.90 Å².